The summed E-state index contributed by atoms with van der Waals surface area (Å²) in [5, 5.41) is 3.30. The standard InChI is InChI=1S/C23H27N5O/c1-17-5-4-10-25-23(17)27-22-15-24-14-21(26-22)19-8-11-28(12-9-19)16-18-6-3-7-20(13-18)29-2/h3-7,10,13-15,19H,8-9,11-12,16H2,1-2H3,(H,25,26,27). The lowest BCUT2D eigenvalue weighted by molar-refractivity contribution is 0.203. The number of nitrogens with one attached hydrogen (secondary N) is 1. The fourth-order valence-corrected chi connectivity index (χ4v) is 3.79. The zero-order chi connectivity index (χ0) is 20.1. The van der Waals surface area contributed by atoms with Gasteiger partial charge in [0.05, 0.1) is 19.0 Å². The third-order valence-electron chi connectivity index (χ3n) is 5.46. The number of benzene rings is 1. The van der Waals surface area contributed by atoms with Gasteiger partial charge >= 0.3 is 0 Å². The molecule has 0 unspecified atom stereocenters. The molecule has 0 atom stereocenters. The zero-order valence-electron chi connectivity index (χ0n) is 17.0. The second-order valence-electron chi connectivity index (χ2n) is 7.53. The Kier molecular flexibility index (Phi) is 6.00. The quantitative estimate of drug-likeness (QED) is 0.678. The van der Waals surface area contributed by atoms with Gasteiger partial charge in [0.15, 0.2) is 0 Å². The first-order valence-electron chi connectivity index (χ1n) is 10.1. The van der Waals surface area contributed by atoms with Crippen LogP contribution in [0.15, 0.2) is 55.0 Å². The highest BCUT2D eigenvalue weighted by molar-refractivity contribution is 5.54. The summed E-state index contributed by atoms with van der Waals surface area (Å²) < 4.78 is 5.34. The lowest BCUT2D eigenvalue weighted by Gasteiger charge is -2.31. The third kappa shape index (κ3) is 4.90. The smallest absolute Gasteiger partial charge is 0.150 e. The SMILES string of the molecule is COc1cccc(CN2CCC(c3cncc(Nc4ncccc4C)n3)CC2)c1. The molecule has 0 saturated carbocycles. The molecule has 4 rings (SSSR count). The van der Waals surface area contributed by atoms with Crippen molar-refractivity contribution < 1.29 is 4.74 Å². The van der Waals surface area contributed by atoms with Crippen LogP contribution in [-0.4, -0.2) is 40.1 Å². The molecule has 0 bridgehead atoms. The molecule has 0 aliphatic carbocycles. The number of pyridine rings is 1. The van der Waals surface area contributed by atoms with Crippen LogP contribution in [0.25, 0.3) is 0 Å². The number of aromatic nitrogens is 3. The molecule has 1 fully saturated rings. The maximum absolute atomic E-state index is 5.34. The summed E-state index contributed by atoms with van der Waals surface area (Å²) in [4.78, 5) is 16.1. The third-order valence-corrected chi connectivity index (χ3v) is 5.46. The number of nitrogens with zero attached hydrogens (tertiary/aromatic N) is 4. The van der Waals surface area contributed by atoms with E-state index in [1.54, 1.807) is 19.5 Å². The number of anilines is 2. The van der Waals surface area contributed by atoms with Crippen molar-refractivity contribution in [3.8, 4) is 5.75 Å². The van der Waals surface area contributed by atoms with Crippen molar-refractivity contribution in [2.45, 2.75) is 32.2 Å². The van der Waals surface area contributed by atoms with E-state index in [9.17, 15) is 0 Å². The summed E-state index contributed by atoms with van der Waals surface area (Å²) >= 11 is 0. The van der Waals surface area contributed by atoms with E-state index in [4.69, 9.17) is 9.72 Å². The van der Waals surface area contributed by atoms with Gasteiger partial charge < -0.3 is 10.1 Å². The minimum absolute atomic E-state index is 0.440. The highest BCUT2D eigenvalue weighted by atomic mass is 16.5. The van der Waals surface area contributed by atoms with Crippen molar-refractivity contribution in [1.82, 2.24) is 19.9 Å². The lowest BCUT2D eigenvalue weighted by atomic mass is 9.93. The molecule has 0 spiro atoms. The molecule has 3 aromatic rings. The van der Waals surface area contributed by atoms with Crippen molar-refractivity contribution in [1.29, 1.82) is 0 Å². The minimum Gasteiger partial charge on any atom is -0.497 e. The second kappa shape index (κ2) is 9.01. The molecule has 1 aliphatic heterocycles. The van der Waals surface area contributed by atoms with Crippen molar-refractivity contribution in [2.75, 3.05) is 25.5 Å². The van der Waals surface area contributed by atoms with Crippen LogP contribution in [0.2, 0.25) is 0 Å². The van der Waals surface area contributed by atoms with E-state index in [1.165, 1.54) is 5.56 Å². The Bertz CT molecular complexity index is 953. The summed E-state index contributed by atoms with van der Waals surface area (Å²) in [5.41, 5.74) is 3.44. The average molecular weight is 390 g/mol. The van der Waals surface area contributed by atoms with Gasteiger partial charge in [-0.25, -0.2) is 9.97 Å². The van der Waals surface area contributed by atoms with Gasteiger partial charge in [0.2, 0.25) is 0 Å². The Morgan fingerprint density at radius 3 is 2.79 bits per heavy atom. The molecule has 3 heterocycles. The number of hydrogen-bond acceptors (Lipinski definition) is 6. The van der Waals surface area contributed by atoms with Crippen LogP contribution in [0.1, 0.15) is 35.6 Å². The molecular formula is C23H27N5O. The van der Waals surface area contributed by atoms with Crippen LogP contribution in [0.4, 0.5) is 11.6 Å². The molecule has 6 heteroatoms. The fourth-order valence-electron chi connectivity index (χ4n) is 3.79. The van der Waals surface area contributed by atoms with Gasteiger partial charge in [0.1, 0.15) is 17.4 Å². The number of likely N-dealkylation sites (tertiary alicyclic amines) is 1. The highest BCUT2D eigenvalue weighted by Crippen LogP contribution is 2.28. The van der Waals surface area contributed by atoms with E-state index < -0.39 is 0 Å². The predicted octanol–water partition coefficient (Wildman–Crippen LogP) is 4.31. The van der Waals surface area contributed by atoms with Crippen molar-refractivity contribution >= 4 is 11.6 Å². The van der Waals surface area contributed by atoms with Crippen molar-refractivity contribution in [3.05, 3.63) is 71.8 Å². The predicted molar refractivity (Wildman–Crippen MR) is 115 cm³/mol. The first kappa shape index (κ1) is 19.3. The van der Waals surface area contributed by atoms with Gasteiger partial charge in [-0.3, -0.25) is 9.88 Å². The van der Waals surface area contributed by atoms with E-state index in [-0.39, 0.29) is 0 Å². The molecule has 29 heavy (non-hydrogen) atoms. The van der Waals surface area contributed by atoms with Gasteiger partial charge in [-0.2, -0.15) is 0 Å². The van der Waals surface area contributed by atoms with Crippen molar-refractivity contribution in [3.63, 3.8) is 0 Å². The molecule has 1 N–H and O–H groups in total. The lowest BCUT2D eigenvalue weighted by Crippen LogP contribution is -2.32. The Balaban J connectivity index is 1.36. The molecule has 150 valence electrons. The monoisotopic (exact) mass is 389 g/mol. The van der Waals surface area contributed by atoms with Crippen LogP contribution >= 0.6 is 0 Å². The van der Waals surface area contributed by atoms with E-state index in [1.807, 2.05) is 31.3 Å². The fraction of sp³-hybridized carbons (Fsp3) is 0.348. The summed E-state index contributed by atoms with van der Waals surface area (Å²) in [5.74, 6) is 2.94. The summed E-state index contributed by atoms with van der Waals surface area (Å²) in [6.45, 7) is 5.10. The van der Waals surface area contributed by atoms with Crippen LogP contribution < -0.4 is 10.1 Å². The molecule has 6 nitrogen and oxygen atoms in total. The van der Waals surface area contributed by atoms with E-state index in [0.29, 0.717) is 5.92 Å². The number of aryl methyl sites for hydroxylation is 1. The Morgan fingerprint density at radius 1 is 1.14 bits per heavy atom. The number of piperidine rings is 1. The van der Waals surface area contributed by atoms with E-state index >= 15 is 0 Å². The number of rotatable bonds is 6. The maximum atomic E-state index is 5.34. The van der Waals surface area contributed by atoms with Crippen LogP contribution in [0.3, 0.4) is 0 Å². The zero-order valence-corrected chi connectivity index (χ0v) is 17.0. The average Bonchev–Trinajstić information content (AvgIpc) is 2.76. The first-order valence-corrected chi connectivity index (χ1v) is 10.1. The number of methoxy groups -OCH3 is 1. The van der Waals surface area contributed by atoms with E-state index in [2.05, 4.69) is 38.4 Å². The molecular weight excluding hydrogens is 362 g/mol. The summed E-state index contributed by atoms with van der Waals surface area (Å²) in [6.07, 6.45) is 7.62. The van der Waals surface area contributed by atoms with Gasteiger partial charge in [-0.05, 0) is 62.2 Å². The number of hydrogen-bond donors (Lipinski definition) is 1. The molecule has 1 aromatic carbocycles. The van der Waals surface area contributed by atoms with Crippen LogP contribution in [0.5, 0.6) is 5.75 Å². The Hall–Kier alpha value is -2.99. The minimum atomic E-state index is 0.440. The maximum Gasteiger partial charge on any atom is 0.150 e. The number of ether oxygens (including phenoxy) is 1. The Morgan fingerprint density at radius 2 is 2.00 bits per heavy atom. The van der Waals surface area contributed by atoms with Gasteiger partial charge in [-0.1, -0.05) is 18.2 Å². The van der Waals surface area contributed by atoms with Gasteiger partial charge in [0, 0.05) is 24.9 Å². The summed E-state index contributed by atoms with van der Waals surface area (Å²) in [7, 11) is 1.71. The van der Waals surface area contributed by atoms with Crippen LogP contribution in [0, 0.1) is 6.92 Å². The Labute approximate surface area is 172 Å². The molecule has 1 aliphatic rings. The van der Waals surface area contributed by atoms with Gasteiger partial charge in [0.25, 0.3) is 0 Å². The van der Waals surface area contributed by atoms with Crippen LogP contribution in [-0.2, 0) is 6.54 Å². The van der Waals surface area contributed by atoms with E-state index in [0.717, 1.165) is 61.1 Å². The molecule has 0 radical (unpaired) electrons. The van der Waals surface area contributed by atoms with Gasteiger partial charge in [-0.15, -0.1) is 0 Å². The molecule has 0 amide bonds. The first-order chi connectivity index (χ1) is 14.2. The topological polar surface area (TPSA) is 63.2 Å². The molecule has 2 aromatic heterocycles. The second-order valence-corrected chi connectivity index (χ2v) is 7.53. The molecule has 1 saturated heterocycles. The normalized spacial score (nSPS) is 15.2. The largest absolute Gasteiger partial charge is 0.497 e. The summed E-state index contributed by atoms with van der Waals surface area (Å²) in [6, 6.07) is 12.3. The highest BCUT2D eigenvalue weighted by Gasteiger charge is 2.22. The van der Waals surface area contributed by atoms with Crippen molar-refractivity contribution in [2.24, 2.45) is 0 Å².